The van der Waals surface area contributed by atoms with Gasteiger partial charge >= 0.3 is 0 Å². The van der Waals surface area contributed by atoms with Gasteiger partial charge in [-0.05, 0) is 30.4 Å². The van der Waals surface area contributed by atoms with Gasteiger partial charge in [0.2, 0.25) is 0 Å². The Balaban J connectivity index is 2.86. The van der Waals surface area contributed by atoms with E-state index in [4.69, 9.17) is 0 Å². The van der Waals surface area contributed by atoms with E-state index in [9.17, 15) is 4.39 Å². The van der Waals surface area contributed by atoms with Crippen molar-refractivity contribution in [2.45, 2.75) is 11.3 Å². The van der Waals surface area contributed by atoms with Gasteiger partial charge in [0.05, 0.1) is 0 Å². The summed E-state index contributed by atoms with van der Waals surface area (Å²) in [6.07, 6.45) is 2.76. The van der Waals surface area contributed by atoms with Gasteiger partial charge in [0.25, 0.3) is 0 Å². The molecular formula is C9H10BrFS. The minimum absolute atomic E-state index is 0.110. The Morgan fingerprint density at radius 3 is 2.75 bits per heavy atom. The SMILES string of the molecule is CSc1ccc(CCBr)cc1F. The van der Waals surface area contributed by atoms with Crippen molar-refractivity contribution in [3.8, 4) is 0 Å². The van der Waals surface area contributed by atoms with Crippen LogP contribution < -0.4 is 0 Å². The third kappa shape index (κ3) is 2.49. The normalized spacial score (nSPS) is 10.2. The molecule has 0 N–H and O–H groups in total. The summed E-state index contributed by atoms with van der Waals surface area (Å²) in [5.74, 6) is -0.110. The van der Waals surface area contributed by atoms with Gasteiger partial charge in [-0.1, -0.05) is 22.0 Å². The number of benzene rings is 1. The average molecular weight is 249 g/mol. The molecule has 0 nitrogen and oxygen atoms in total. The first-order chi connectivity index (χ1) is 5.77. The summed E-state index contributed by atoms with van der Waals surface area (Å²) in [5, 5.41) is 0.880. The molecule has 0 saturated carbocycles. The van der Waals surface area contributed by atoms with Crippen LogP contribution in [0, 0.1) is 5.82 Å². The molecule has 1 rings (SSSR count). The summed E-state index contributed by atoms with van der Waals surface area (Å²) in [5.41, 5.74) is 1.04. The summed E-state index contributed by atoms with van der Waals surface area (Å²) in [4.78, 5) is 0.716. The predicted octanol–water partition coefficient (Wildman–Crippen LogP) is 3.49. The molecule has 0 aliphatic heterocycles. The molecule has 0 radical (unpaired) electrons. The fourth-order valence-electron chi connectivity index (χ4n) is 0.975. The van der Waals surface area contributed by atoms with Gasteiger partial charge in [-0.2, -0.15) is 0 Å². The Bertz CT molecular complexity index is 263. The summed E-state index contributed by atoms with van der Waals surface area (Å²) >= 11 is 4.75. The number of rotatable bonds is 3. The number of hydrogen-bond donors (Lipinski definition) is 0. The third-order valence-corrected chi connectivity index (χ3v) is 2.77. The second-order valence-corrected chi connectivity index (χ2v) is 4.05. The lowest BCUT2D eigenvalue weighted by Gasteiger charge is -2.01. The number of aryl methyl sites for hydroxylation is 1. The molecule has 0 heterocycles. The van der Waals surface area contributed by atoms with Crippen LogP contribution in [0.1, 0.15) is 5.56 Å². The number of halogens is 2. The lowest BCUT2D eigenvalue weighted by atomic mass is 10.2. The molecule has 0 bridgehead atoms. The van der Waals surface area contributed by atoms with Crippen molar-refractivity contribution in [3.63, 3.8) is 0 Å². The van der Waals surface area contributed by atoms with Crippen molar-refractivity contribution in [3.05, 3.63) is 29.6 Å². The van der Waals surface area contributed by atoms with Crippen LogP contribution in [0.25, 0.3) is 0 Å². The standard InChI is InChI=1S/C9H10BrFS/c1-12-9-3-2-7(4-5-10)6-8(9)11/h2-3,6H,4-5H2,1H3. The van der Waals surface area contributed by atoms with Crippen molar-refractivity contribution >= 4 is 27.7 Å². The van der Waals surface area contributed by atoms with E-state index < -0.39 is 0 Å². The summed E-state index contributed by atoms with van der Waals surface area (Å²) < 4.78 is 13.1. The maximum atomic E-state index is 13.1. The molecule has 0 aliphatic rings. The Kier molecular flexibility index (Phi) is 4.09. The Hall–Kier alpha value is -0.0200. The average Bonchev–Trinajstić information content (AvgIpc) is 2.05. The van der Waals surface area contributed by atoms with E-state index in [0.29, 0.717) is 4.90 Å². The number of alkyl halides is 1. The van der Waals surface area contributed by atoms with E-state index in [-0.39, 0.29) is 5.82 Å². The lowest BCUT2D eigenvalue weighted by molar-refractivity contribution is 0.600. The monoisotopic (exact) mass is 248 g/mol. The zero-order valence-corrected chi connectivity index (χ0v) is 9.21. The van der Waals surface area contributed by atoms with Crippen molar-refractivity contribution < 1.29 is 4.39 Å². The minimum Gasteiger partial charge on any atom is -0.206 e. The molecule has 12 heavy (non-hydrogen) atoms. The molecule has 0 fully saturated rings. The van der Waals surface area contributed by atoms with E-state index in [2.05, 4.69) is 15.9 Å². The van der Waals surface area contributed by atoms with Crippen LogP contribution in [0.2, 0.25) is 0 Å². The number of thioether (sulfide) groups is 1. The molecule has 0 aliphatic carbocycles. The summed E-state index contributed by atoms with van der Waals surface area (Å²) in [6.45, 7) is 0. The molecule has 1 aromatic carbocycles. The van der Waals surface area contributed by atoms with Crippen LogP contribution in [0.3, 0.4) is 0 Å². The highest BCUT2D eigenvalue weighted by Crippen LogP contribution is 2.20. The molecule has 0 atom stereocenters. The van der Waals surface area contributed by atoms with Crippen molar-refractivity contribution in [1.82, 2.24) is 0 Å². The zero-order chi connectivity index (χ0) is 8.97. The van der Waals surface area contributed by atoms with E-state index in [1.165, 1.54) is 11.8 Å². The van der Waals surface area contributed by atoms with Crippen LogP contribution in [0.15, 0.2) is 23.1 Å². The van der Waals surface area contributed by atoms with Crippen LogP contribution in [-0.2, 0) is 6.42 Å². The van der Waals surface area contributed by atoms with Gasteiger partial charge in [0.1, 0.15) is 5.82 Å². The van der Waals surface area contributed by atoms with Gasteiger partial charge in [0.15, 0.2) is 0 Å². The Morgan fingerprint density at radius 1 is 1.50 bits per heavy atom. The largest absolute Gasteiger partial charge is 0.206 e. The molecule has 0 unspecified atom stereocenters. The highest BCUT2D eigenvalue weighted by Gasteiger charge is 2.01. The Labute approximate surface area is 84.7 Å². The first-order valence-corrected chi connectivity index (χ1v) is 6.01. The second-order valence-electron chi connectivity index (χ2n) is 2.41. The highest BCUT2D eigenvalue weighted by molar-refractivity contribution is 9.09. The molecule has 1 aromatic rings. The van der Waals surface area contributed by atoms with Crippen molar-refractivity contribution in [2.24, 2.45) is 0 Å². The lowest BCUT2D eigenvalue weighted by Crippen LogP contribution is -1.88. The van der Waals surface area contributed by atoms with Gasteiger partial charge in [0, 0.05) is 10.2 Å². The van der Waals surface area contributed by atoms with Crippen molar-refractivity contribution in [1.29, 1.82) is 0 Å². The van der Waals surface area contributed by atoms with Gasteiger partial charge in [-0.25, -0.2) is 4.39 Å². The predicted molar refractivity (Wildman–Crippen MR) is 55.7 cm³/mol. The summed E-state index contributed by atoms with van der Waals surface area (Å²) in [6, 6.07) is 5.40. The molecule has 66 valence electrons. The molecular weight excluding hydrogens is 239 g/mol. The van der Waals surface area contributed by atoms with Gasteiger partial charge in [-0.15, -0.1) is 11.8 Å². The maximum absolute atomic E-state index is 13.1. The fraction of sp³-hybridized carbons (Fsp3) is 0.333. The topological polar surface area (TPSA) is 0 Å². The van der Waals surface area contributed by atoms with E-state index in [1.807, 2.05) is 18.4 Å². The number of hydrogen-bond acceptors (Lipinski definition) is 1. The van der Waals surface area contributed by atoms with Gasteiger partial charge < -0.3 is 0 Å². The van der Waals surface area contributed by atoms with Crippen LogP contribution in [0.4, 0.5) is 4.39 Å². The minimum atomic E-state index is -0.110. The first-order valence-electron chi connectivity index (χ1n) is 3.66. The molecule has 0 spiro atoms. The zero-order valence-electron chi connectivity index (χ0n) is 6.81. The van der Waals surface area contributed by atoms with Crippen LogP contribution in [-0.4, -0.2) is 11.6 Å². The first kappa shape index (κ1) is 10.1. The quantitative estimate of drug-likeness (QED) is 0.583. The molecule has 0 saturated heterocycles. The van der Waals surface area contributed by atoms with Crippen LogP contribution in [0.5, 0.6) is 0 Å². The second kappa shape index (κ2) is 4.87. The summed E-state index contributed by atoms with van der Waals surface area (Å²) in [7, 11) is 0. The molecule has 0 amide bonds. The van der Waals surface area contributed by atoms with E-state index >= 15 is 0 Å². The maximum Gasteiger partial charge on any atom is 0.137 e. The van der Waals surface area contributed by atoms with Crippen LogP contribution >= 0.6 is 27.7 Å². The van der Waals surface area contributed by atoms with Gasteiger partial charge in [-0.3, -0.25) is 0 Å². The fourth-order valence-corrected chi connectivity index (χ4v) is 1.89. The van der Waals surface area contributed by atoms with E-state index in [0.717, 1.165) is 17.3 Å². The third-order valence-electron chi connectivity index (χ3n) is 1.60. The molecule has 3 heteroatoms. The Morgan fingerprint density at radius 2 is 2.25 bits per heavy atom. The van der Waals surface area contributed by atoms with Crippen molar-refractivity contribution in [2.75, 3.05) is 11.6 Å². The smallest absolute Gasteiger partial charge is 0.137 e. The molecule has 0 aromatic heterocycles. The highest BCUT2D eigenvalue weighted by atomic mass is 79.9. The van der Waals surface area contributed by atoms with E-state index in [1.54, 1.807) is 6.07 Å².